The van der Waals surface area contributed by atoms with Crippen LogP contribution < -0.4 is 5.32 Å². The zero-order valence-corrected chi connectivity index (χ0v) is 13.0. The first-order valence-electron chi connectivity index (χ1n) is 6.75. The van der Waals surface area contributed by atoms with Crippen LogP contribution in [0.4, 0.5) is 10.9 Å². The Balaban J connectivity index is 1.91. The predicted octanol–water partition coefficient (Wildman–Crippen LogP) is 4.44. The van der Waals surface area contributed by atoms with Crippen LogP contribution in [0.25, 0.3) is 10.9 Å². The highest BCUT2D eigenvalue weighted by atomic mass is 32.1. The summed E-state index contributed by atoms with van der Waals surface area (Å²) >= 11 is 1.56. The molecule has 0 saturated heterocycles. The molecule has 0 spiro atoms. The summed E-state index contributed by atoms with van der Waals surface area (Å²) in [5.41, 5.74) is 1.68. The Hall–Kier alpha value is -2.14. The fraction of sp³-hybridized carbons (Fsp3) is 0.250. The molecule has 2 heterocycles. The zero-order valence-electron chi connectivity index (χ0n) is 12.2. The molecule has 4 nitrogen and oxygen atoms in total. The van der Waals surface area contributed by atoms with E-state index in [4.69, 9.17) is 0 Å². The molecular weight excluding hydrogens is 282 g/mol. The number of phenolic OH excluding ortho intramolecular Hbond substituents is 1. The fourth-order valence-electron chi connectivity index (χ4n) is 1.99. The Bertz CT molecular complexity index is 790. The molecule has 0 amide bonds. The van der Waals surface area contributed by atoms with Gasteiger partial charge in [-0.05, 0) is 18.2 Å². The normalized spacial score (nSPS) is 11.8. The summed E-state index contributed by atoms with van der Waals surface area (Å²) in [6.07, 6.45) is 0. The summed E-state index contributed by atoms with van der Waals surface area (Å²) in [7, 11) is 0. The summed E-state index contributed by atoms with van der Waals surface area (Å²) < 4.78 is 0. The number of aromatic nitrogens is 2. The highest BCUT2D eigenvalue weighted by Gasteiger charge is 2.17. The number of phenols is 1. The van der Waals surface area contributed by atoms with E-state index in [0.717, 1.165) is 16.2 Å². The molecule has 0 atom stereocenters. The average molecular weight is 299 g/mol. The van der Waals surface area contributed by atoms with Gasteiger partial charge in [-0.1, -0.05) is 32.9 Å². The van der Waals surface area contributed by atoms with Crippen molar-refractivity contribution in [1.82, 2.24) is 9.97 Å². The van der Waals surface area contributed by atoms with Crippen molar-refractivity contribution in [2.24, 2.45) is 0 Å². The second-order valence-corrected chi connectivity index (χ2v) is 6.82. The number of hydrogen-bond acceptors (Lipinski definition) is 5. The summed E-state index contributed by atoms with van der Waals surface area (Å²) in [6.45, 7) is 6.41. The SMILES string of the molecule is CC(C)(C)c1csc(Nc2ccc3cccc(O)c3n2)n1. The second kappa shape index (κ2) is 5.00. The van der Waals surface area contributed by atoms with Crippen LogP contribution in [0.15, 0.2) is 35.7 Å². The Morgan fingerprint density at radius 1 is 1.10 bits per heavy atom. The van der Waals surface area contributed by atoms with Crippen LogP contribution in [0.3, 0.4) is 0 Å². The minimum atomic E-state index is 0.0332. The Kier molecular flexibility index (Phi) is 3.29. The number of pyridine rings is 1. The predicted molar refractivity (Wildman–Crippen MR) is 87.5 cm³/mol. The first-order chi connectivity index (χ1) is 9.93. The van der Waals surface area contributed by atoms with Crippen molar-refractivity contribution in [2.45, 2.75) is 26.2 Å². The molecule has 1 aromatic carbocycles. The summed E-state index contributed by atoms with van der Waals surface area (Å²) in [5.74, 6) is 0.865. The molecule has 0 bridgehead atoms. The van der Waals surface area contributed by atoms with E-state index in [9.17, 15) is 5.11 Å². The molecule has 108 valence electrons. The van der Waals surface area contributed by atoms with Gasteiger partial charge in [-0.3, -0.25) is 0 Å². The monoisotopic (exact) mass is 299 g/mol. The number of thiazole rings is 1. The fourth-order valence-corrected chi connectivity index (χ4v) is 2.93. The number of benzene rings is 1. The number of nitrogens with zero attached hydrogens (tertiary/aromatic N) is 2. The molecule has 0 saturated carbocycles. The second-order valence-electron chi connectivity index (χ2n) is 5.96. The molecule has 3 aromatic rings. The molecule has 5 heteroatoms. The van der Waals surface area contributed by atoms with E-state index in [1.165, 1.54) is 0 Å². The molecule has 0 aliphatic heterocycles. The van der Waals surface area contributed by atoms with Crippen LogP contribution >= 0.6 is 11.3 Å². The standard InChI is InChI=1S/C16H17N3OS/c1-16(2,3)12-9-21-15(17-12)19-13-8-7-10-5-4-6-11(20)14(10)18-13/h4-9,20H,1-3H3,(H,17,18,19). The van der Waals surface area contributed by atoms with Crippen LogP contribution in [0.2, 0.25) is 0 Å². The maximum atomic E-state index is 9.87. The smallest absolute Gasteiger partial charge is 0.188 e. The average Bonchev–Trinajstić information content (AvgIpc) is 2.88. The van der Waals surface area contributed by atoms with Crippen molar-refractivity contribution in [3.05, 3.63) is 41.4 Å². The highest BCUT2D eigenvalue weighted by Crippen LogP contribution is 2.29. The minimum Gasteiger partial charge on any atom is -0.506 e. The molecule has 21 heavy (non-hydrogen) atoms. The number of aromatic hydroxyl groups is 1. The van der Waals surface area contributed by atoms with Crippen LogP contribution in [0.1, 0.15) is 26.5 Å². The van der Waals surface area contributed by atoms with Gasteiger partial charge in [0, 0.05) is 16.2 Å². The topological polar surface area (TPSA) is 58.0 Å². The van der Waals surface area contributed by atoms with E-state index in [0.29, 0.717) is 11.3 Å². The lowest BCUT2D eigenvalue weighted by Gasteiger charge is -2.14. The summed E-state index contributed by atoms with van der Waals surface area (Å²) in [6, 6.07) is 9.19. The number of para-hydroxylation sites is 1. The van der Waals surface area contributed by atoms with Gasteiger partial charge in [-0.15, -0.1) is 11.3 Å². The van der Waals surface area contributed by atoms with Crippen molar-refractivity contribution in [1.29, 1.82) is 0 Å². The van der Waals surface area contributed by atoms with Crippen molar-refractivity contribution < 1.29 is 5.11 Å². The van der Waals surface area contributed by atoms with Crippen molar-refractivity contribution in [3.63, 3.8) is 0 Å². The van der Waals surface area contributed by atoms with Gasteiger partial charge in [-0.2, -0.15) is 0 Å². The number of fused-ring (bicyclic) bond motifs is 1. The van der Waals surface area contributed by atoms with Crippen molar-refractivity contribution >= 4 is 33.2 Å². The maximum Gasteiger partial charge on any atom is 0.188 e. The number of rotatable bonds is 2. The van der Waals surface area contributed by atoms with Gasteiger partial charge in [0.1, 0.15) is 17.1 Å². The molecule has 0 aliphatic rings. The molecule has 3 rings (SSSR count). The molecule has 2 N–H and O–H groups in total. The van der Waals surface area contributed by atoms with Crippen molar-refractivity contribution in [2.75, 3.05) is 5.32 Å². The number of anilines is 2. The molecule has 0 radical (unpaired) electrons. The first-order valence-corrected chi connectivity index (χ1v) is 7.63. The van der Waals surface area contributed by atoms with Gasteiger partial charge < -0.3 is 10.4 Å². The first kappa shape index (κ1) is 13.8. The lowest BCUT2D eigenvalue weighted by Crippen LogP contribution is -2.11. The van der Waals surface area contributed by atoms with E-state index in [2.05, 4.69) is 41.4 Å². The molecule has 0 unspecified atom stereocenters. The van der Waals surface area contributed by atoms with E-state index >= 15 is 0 Å². The van der Waals surface area contributed by atoms with Crippen LogP contribution in [-0.4, -0.2) is 15.1 Å². The third-order valence-corrected chi connectivity index (χ3v) is 3.96. The molecule has 0 aliphatic carbocycles. The van der Waals surface area contributed by atoms with E-state index in [-0.39, 0.29) is 11.2 Å². The third kappa shape index (κ3) is 2.83. The Labute approximate surface area is 127 Å². The largest absolute Gasteiger partial charge is 0.506 e. The lowest BCUT2D eigenvalue weighted by atomic mass is 9.93. The molecule has 0 fully saturated rings. The summed E-state index contributed by atoms with van der Waals surface area (Å²) in [4.78, 5) is 9.03. The summed E-state index contributed by atoms with van der Waals surface area (Å²) in [5, 5.41) is 16.8. The van der Waals surface area contributed by atoms with Gasteiger partial charge in [-0.25, -0.2) is 9.97 Å². The van der Waals surface area contributed by atoms with Crippen molar-refractivity contribution in [3.8, 4) is 5.75 Å². The van der Waals surface area contributed by atoms with Crippen LogP contribution in [0, 0.1) is 0 Å². The minimum absolute atomic E-state index is 0.0332. The Morgan fingerprint density at radius 2 is 1.90 bits per heavy atom. The lowest BCUT2D eigenvalue weighted by molar-refractivity contribution is 0.480. The van der Waals surface area contributed by atoms with E-state index in [1.807, 2.05) is 24.3 Å². The van der Waals surface area contributed by atoms with Gasteiger partial charge in [0.05, 0.1) is 5.69 Å². The van der Waals surface area contributed by atoms with E-state index < -0.39 is 0 Å². The van der Waals surface area contributed by atoms with E-state index in [1.54, 1.807) is 17.4 Å². The maximum absolute atomic E-state index is 9.87. The van der Waals surface area contributed by atoms with Gasteiger partial charge in [0.15, 0.2) is 5.13 Å². The van der Waals surface area contributed by atoms with Crippen LogP contribution in [-0.2, 0) is 5.41 Å². The Morgan fingerprint density at radius 3 is 2.62 bits per heavy atom. The zero-order chi connectivity index (χ0) is 15.0. The molecular formula is C16H17N3OS. The third-order valence-electron chi connectivity index (χ3n) is 3.21. The molecule has 2 aromatic heterocycles. The van der Waals surface area contributed by atoms with Gasteiger partial charge in [0.2, 0.25) is 0 Å². The highest BCUT2D eigenvalue weighted by molar-refractivity contribution is 7.13. The number of hydrogen-bond donors (Lipinski definition) is 2. The van der Waals surface area contributed by atoms with Crippen LogP contribution in [0.5, 0.6) is 5.75 Å². The van der Waals surface area contributed by atoms with Gasteiger partial charge in [0.25, 0.3) is 0 Å². The number of nitrogens with one attached hydrogen (secondary N) is 1. The van der Waals surface area contributed by atoms with Gasteiger partial charge >= 0.3 is 0 Å². The quantitative estimate of drug-likeness (QED) is 0.734.